The third-order valence-corrected chi connectivity index (χ3v) is 8.17. The molecule has 2 heterocycles. The molecule has 4 aliphatic carbocycles. The van der Waals surface area contributed by atoms with Crippen molar-refractivity contribution < 1.29 is 14.5 Å². The summed E-state index contributed by atoms with van der Waals surface area (Å²) < 4.78 is 0. The normalized spacial score (nSPS) is 32.9. The van der Waals surface area contributed by atoms with Crippen molar-refractivity contribution in [3.8, 4) is 0 Å². The maximum atomic E-state index is 13.0. The van der Waals surface area contributed by atoms with Crippen LogP contribution in [0.4, 0.5) is 0 Å². The molecule has 1 aromatic rings. The molecule has 0 radical (unpaired) electrons. The van der Waals surface area contributed by atoms with Crippen LogP contribution in [0.1, 0.15) is 50.5 Å². The molecule has 4 saturated carbocycles. The highest BCUT2D eigenvalue weighted by atomic mass is 16.2. The molecular weight excluding hydrogens is 376 g/mol. The Morgan fingerprint density at radius 2 is 1.63 bits per heavy atom. The van der Waals surface area contributed by atoms with E-state index in [4.69, 9.17) is 0 Å². The number of carbonyl (C=O) groups is 2. The van der Waals surface area contributed by atoms with Gasteiger partial charge in [0, 0.05) is 36.3 Å². The van der Waals surface area contributed by atoms with E-state index >= 15 is 0 Å². The second-order valence-electron chi connectivity index (χ2n) is 10.4. The van der Waals surface area contributed by atoms with E-state index in [-0.39, 0.29) is 17.2 Å². The van der Waals surface area contributed by atoms with Gasteiger partial charge in [-0.25, -0.2) is 0 Å². The van der Waals surface area contributed by atoms with E-state index < -0.39 is 0 Å². The van der Waals surface area contributed by atoms with Gasteiger partial charge in [-0.05, 0) is 68.4 Å². The molecule has 2 N–H and O–H groups in total. The second-order valence-corrected chi connectivity index (χ2v) is 10.4. The summed E-state index contributed by atoms with van der Waals surface area (Å²) in [6.07, 6.45) is 11.4. The Balaban J connectivity index is 1.05. The van der Waals surface area contributed by atoms with Gasteiger partial charge in [-0.15, -0.1) is 0 Å². The minimum atomic E-state index is -0.111. The summed E-state index contributed by atoms with van der Waals surface area (Å²) in [4.78, 5) is 33.2. The predicted octanol–water partition coefficient (Wildman–Crippen LogP) is 1.03. The lowest BCUT2D eigenvalue weighted by atomic mass is 9.49. The van der Waals surface area contributed by atoms with Gasteiger partial charge >= 0.3 is 0 Å². The van der Waals surface area contributed by atoms with E-state index in [0.29, 0.717) is 13.0 Å². The van der Waals surface area contributed by atoms with E-state index in [1.54, 1.807) is 0 Å². The lowest BCUT2D eigenvalue weighted by molar-refractivity contribution is -0.917. The number of nitrogens with zero attached hydrogens (tertiary/aromatic N) is 2. The Kier molecular flexibility index (Phi) is 5.52. The van der Waals surface area contributed by atoms with E-state index in [2.05, 4.69) is 22.4 Å². The van der Waals surface area contributed by atoms with Gasteiger partial charge in [0.25, 0.3) is 0 Å². The van der Waals surface area contributed by atoms with Crippen molar-refractivity contribution in [3.63, 3.8) is 0 Å². The molecule has 0 unspecified atom stereocenters. The first-order valence-corrected chi connectivity index (χ1v) is 11.9. The summed E-state index contributed by atoms with van der Waals surface area (Å²) in [5.74, 6) is 2.74. The number of quaternary nitrogens is 1. The molecule has 1 aliphatic heterocycles. The van der Waals surface area contributed by atoms with Crippen molar-refractivity contribution >= 4 is 11.8 Å². The van der Waals surface area contributed by atoms with Crippen LogP contribution in [0.25, 0.3) is 0 Å². The zero-order chi connectivity index (χ0) is 20.6. The summed E-state index contributed by atoms with van der Waals surface area (Å²) >= 11 is 0. The number of aromatic nitrogens is 1. The Morgan fingerprint density at radius 1 is 1.03 bits per heavy atom. The number of hydrogen-bond donors (Lipinski definition) is 2. The van der Waals surface area contributed by atoms with Crippen molar-refractivity contribution in [1.82, 2.24) is 15.2 Å². The molecule has 4 bridgehead atoms. The Hall–Kier alpha value is -1.95. The molecule has 6 heteroatoms. The van der Waals surface area contributed by atoms with Gasteiger partial charge in [0.1, 0.15) is 6.54 Å². The van der Waals surface area contributed by atoms with Crippen LogP contribution in [0.5, 0.6) is 0 Å². The number of amides is 2. The van der Waals surface area contributed by atoms with Gasteiger partial charge in [-0.3, -0.25) is 14.6 Å². The first-order chi connectivity index (χ1) is 14.6. The third-order valence-electron chi connectivity index (χ3n) is 8.17. The fraction of sp³-hybridized carbons (Fsp3) is 0.708. The highest BCUT2D eigenvalue weighted by Gasteiger charge is 2.54. The summed E-state index contributed by atoms with van der Waals surface area (Å²) in [7, 11) is 0. The first-order valence-electron chi connectivity index (χ1n) is 11.9. The minimum absolute atomic E-state index is 0.111. The van der Waals surface area contributed by atoms with Crippen LogP contribution in [0.3, 0.4) is 0 Å². The summed E-state index contributed by atoms with van der Waals surface area (Å²) in [6, 6.07) is 4.13. The van der Waals surface area contributed by atoms with Gasteiger partial charge in [0.2, 0.25) is 11.8 Å². The monoisotopic (exact) mass is 411 g/mol. The quantitative estimate of drug-likeness (QED) is 0.735. The number of rotatable bonds is 6. The van der Waals surface area contributed by atoms with Crippen molar-refractivity contribution in [2.45, 2.75) is 51.5 Å². The zero-order valence-corrected chi connectivity index (χ0v) is 17.9. The van der Waals surface area contributed by atoms with E-state index in [0.717, 1.165) is 69.7 Å². The van der Waals surface area contributed by atoms with Gasteiger partial charge in [0.05, 0.1) is 26.2 Å². The van der Waals surface area contributed by atoms with E-state index in [1.165, 1.54) is 29.7 Å². The van der Waals surface area contributed by atoms with E-state index in [9.17, 15) is 9.59 Å². The SMILES string of the molecule is O=C(CCNC(=O)C12CC3CC(CC(C3)C1)C2)N1CC[NH+](Cc2ccncc2)CC1. The molecule has 6 nitrogen and oxygen atoms in total. The van der Waals surface area contributed by atoms with Crippen molar-refractivity contribution in [1.29, 1.82) is 0 Å². The van der Waals surface area contributed by atoms with Crippen LogP contribution in [0.2, 0.25) is 0 Å². The highest BCUT2D eigenvalue weighted by molar-refractivity contribution is 5.84. The molecule has 1 saturated heterocycles. The number of nitrogens with one attached hydrogen (secondary N) is 2. The molecule has 30 heavy (non-hydrogen) atoms. The fourth-order valence-electron chi connectivity index (χ4n) is 7.06. The number of pyridine rings is 1. The van der Waals surface area contributed by atoms with Crippen LogP contribution in [-0.2, 0) is 16.1 Å². The number of hydrogen-bond acceptors (Lipinski definition) is 3. The molecule has 5 fully saturated rings. The maximum Gasteiger partial charge on any atom is 0.226 e. The lowest BCUT2D eigenvalue weighted by Crippen LogP contribution is -3.13. The zero-order valence-electron chi connectivity index (χ0n) is 17.9. The maximum absolute atomic E-state index is 13.0. The standard InChI is InChI=1S/C24H34N4O2/c29-22(28-9-7-27(8-10-28)17-18-1-4-25-5-2-18)3-6-26-23(30)24-14-19-11-20(15-24)13-21(12-19)16-24/h1-2,4-5,19-21H,3,6-17H2,(H,26,30)/p+1. The third kappa shape index (κ3) is 4.11. The molecule has 5 aliphatic rings. The highest BCUT2D eigenvalue weighted by Crippen LogP contribution is 2.60. The van der Waals surface area contributed by atoms with Crippen LogP contribution in [-0.4, -0.2) is 54.4 Å². The Labute approximate surface area is 179 Å². The second kappa shape index (κ2) is 8.29. The fourth-order valence-corrected chi connectivity index (χ4v) is 7.06. The first kappa shape index (κ1) is 20.0. The van der Waals surface area contributed by atoms with Gasteiger partial charge in [0.15, 0.2) is 0 Å². The van der Waals surface area contributed by atoms with Crippen LogP contribution in [0, 0.1) is 23.2 Å². The Bertz CT molecular complexity index is 737. The largest absolute Gasteiger partial charge is 0.355 e. The smallest absolute Gasteiger partial charge is 0.226 e. The van der Waals surface area contributed by atoms with Gasteiger partial charge in [-0.2, -0.15) is 0 Å². The van der Waals surface area contributed by atoms with Crippen molar-refractivity contribution in [2.75, 3.05) is 32.7 Å². The van der Waals surface area contributed by atoms with Gasteiger partial charge in [-0.1, -0.05) is 0 Å². The molecular formula is C24H35N4O2+. The molecule has 0 spiro atoms. The molecule has 1 aromatic heterocycles. The average Bonchev–Trinajstić information content (AvgIpc) is 2.74. The molecule has 6 rings (SSSR count). The summed E-state index contributed by atoms with van der Waals surface area (Å²) in [6.45, 7) is 5.06. The lowest BCUT2D eigenvalue weighted by Gasteiger charge is -2.55. The van der Waals surface area contributed by atoms with Gasteiger partial charge < -0.3 is 15.1 Å². The van der Waals surface area contributed by atoms with Crippen molar-refractivity contribution in [2.24, 2.45) is 23.2 Å². The Morgan fingerprint density at radius 3 is 2.23 bits per heavy atom. The number of piperazine rings is 1. The van der Waals surface area contributed by atoms with Crippen LogP contribution < -0.4 is 10.2 Å². The van der Waals surface area contributed by atoms with E-state index in [1.807, 2.05) is 17.3 Å². The predicted molar refractivity (Wildman–Crippen MR) is 113 cm³/mol. The molecule has 0 aromatic carbocycles. The molecule has 2 amide bonds. The van der Waals surface area contributed by atoms with Crippen molar-refractivity contribution in [3.05, 3.63) is 30.1 Å². The minimum Gasteiger partial charge on any atom is -0.355 e. The average molecular weight is 412 g/mol. The molecule has 162 valence electrons. The number of carbonyl (C=O) groups excluding carboxylic acids is 2. The van der Waals surface area contributed by atoms with Crippen LogP contribution in [0.15, 0.2) is 24.5 Å². The van der Waals surface area contributed by atoms with Crippen LogP contribution >= 0.6 is 0 Å². The topological polar surface area (TPSA) is 66.7 Å². The summed E-state index contributed by atoms with van der Waals surface area (Å²) in [5.41, 5.74) is 1.19. The molecule has 0 atom stereocenters. The summed E-state index contributed by atoms with van der Waals surface area (Å²) in [5, 5.41) is 3.15.